The average Bonchev–Trinajstić information content (AvgIpc) is 3.50. The summed E-state index contributed by atoms with van der Waals surface area (Å²) in [7, 11) is 0. The number of carboxylic acid groups (broad SMARTS) is 1. The Morgan fingerprint density at radius 1 is 1.02 bits per heavy atom. The number of ether oxygens (including phenoxy) is 3. The second-order valence-corrected chi connectivity index (χ2v) is 13.2. The van der Waals surface area contributed by atoms with E-state index in [0.717, 1.165) is 44.7 Å². The minimum atomic E-state index is -2.58. The number of aliphatic hydroxyl groups is 1. The van der Waals surface area contributed by atoms with Crippen LogP contribution in [-0.4, -0.2) is 71.4 Å². The maximum Gasteiger partial charge on any atom is 0.290 e. The van der Waals surface area contributed by atoms with Crippen LogP contribution in [0.4, 0.5) is 8.78 Å². The summed E-state index contributed by atoms with van der Waals surface area (Å²) < 4.78 is 45.7. The summed E-state index contributed by atoms with van der Waals surface area (Å²) in [6.07, 6.45) is 3.75. The number of rotatable bonds is 16. The number of carbonyl (C=O) groups is 1. The van der Waals surface area contributed by atoms with Gasteiger partial charge in [-0.2, -0.15) is 5.26 Å². The Morgan fingerprint density at radius 2 is 1.74 bits per heavy atom. The van der Waals surface area contributed by atoms with Crippen molar-refractivity contribution in [1.29, 1.82) is 5.26 Å². The number of nitrogens with one attached hydrogen (secondary N) is 1. The van der Waals surface area contributed by atoms with Gasteiger partial charge in [0, 0.05) is 61.7 Å². The molecule has 0 radical (unpaired) electrons. The number of aliphatic hydroxyl groups excluding tert-OH is 1. The highest BCUT2D eigenvalue weighted by molar-refractivity contribution is 6.32. The van der Waals surface area contributed by atoms with E-state index in [4.69, 9.17) is 35.7 Å². The second kappa shape index (κ2) is 19.9. The van der Waals surface area contributed by atoms with Gasteiger partial charge in [-0.15, -0.1) is 0 Å². The number of hydrogen-bond acceptors (Lipinski definition) is 9. The maximum atomic E-state index is 13.5. The Morgan fingerprint density at radius 3 is 2.43 bits per heavy atom. The lowest BCUT2D eigenvalue weighted by Crippen LogP contribution is -2.28. The van der Waals surface area contributed by atoms with Crippen LogP contribution in [0.2, 0.25) is 5.02 Å². The van der Waals surface area contributed by atoms with E-state index in [1.54, 1.807) is 29.3 Å². The first-order valence-corrected chi connectivity index (χ1v) is 17.6. The fraction of sp³-hybridized carbons (Fsp3) is 0.375. The number of hydrogen-bond donors (Lipinski definition) is 3. The predicted molar refractivity (Wildman–Crippen MR) is 199 cm³/mol. The lowest BCUT2D eigenvalue weighted by atomic mass is 9.93. The van der Waals surface area contributed by atoms with Gasteiger partial charge in [0.15, 0.2) is 0 Å². The molecule has 0 amide bonds. The smallest absolute Gasteiger partial charge is 0.290 e. The molecule has 5 rings (SSSR count). The van der Waals surface area contributed by atoms with Crippen LogP contribution >= 0.6 is 11.6 Å². The molecule has 0 saturated carbocycles. The third-order valence-electron chi connectivity index (χ3n) is 8.88. The van der Waals surface area contributed by atoms with Gasteiger partial charge in [-0.3, -0.25) is 14.7 Å². The van der Waals surface area contributed by atoms with Crippen LogP contribution in [0.25, 0.3) is 11.1 Å². The molecule has 0 bridgehead atoms. The molecule has 1 aliphatic rings. The summed E-state index contributed by atoms with van der Waals surface area (Å²) >= 11 is 6.73. The predicted octanol–water partition coefficient (Wildman–Crippen LogP) is 7.33. The van der Waals surface area contributed by atoms with Crippen molar-refractivity contribution < 1.29 is 38.0 Å². The van der Waals surface area contributed by atoms with Gasteiger partial charge in [-0.1, -0.05) is 41.9 Å². The summed E-state index contributed by atoms with van der Waals surface area (Å²) in [4.78, 5) is 14.3. The molecule has 2 heterocycles. The fourth-order valence-corrected chi connectivity index (χ4v) is 6.16. The Labute approximate surface area is 313 Å². The zero-order chi connectivity index (χ0) is 38.4. The standard InChI is InChI=1S/C39H43ClF2N4O4.CH2O2/c1-26(22-47)45-21-32-16-35(40)38(17-37(32)49-23-30-15-29(18-43)19-44-20-30)50-24-31-7-4-8-33(27(31)2)34-9-5-10-36(28(34)3)48-14-6-12-46-13-11-39(41,42)25-46;2-1-3/h4-5,7-10,15-17,19-20,26,45,47H,6,11-14,21-25H2,1-3H3;1H,(H,2,3). The molecule has 10 nitrogen and oxygen atoms in total. The lowest BCUT2D eigenvalue weighted by Gasteiger charge is -2.19. The number of nitrogens with zero attached hydrogens (tertiary/aromatic N) is 3. The molecule has 13 heteroatoms. The van der Waals surface area contributed by atoms with Crippen molar-refractivity contribution >= 4 is 18.1 Å². The Kier molecular flexibility index (Phi) is 15.4. The van der Waals surface area contributed by atoms with Gasteiger partial charge in [0.2, 0.25) is 0 Å². The molecule has 0 spiro atoms. The monoisotopic (exact) mass is 750 g/mol. The first kappa shape index (κ1) is 41.0. The number of benzene rings is 3. The fourth-order valence-electron chi connectivity index (χ4n) is 5.91. The molecule has 1 saturated heterocycles. The molecule has 282 valence electrons. The minimum Gasteiger partial charge on any atom is -0.493 e. The Bertz CT molecular complexity index is 1870. The van der Waals surface area contributed by atoms with Crippen LogP contribution in [0.15, 0.2) is 67.0 Å². The Balaban J connectivity index is 0.00000202. The third kappa shape index (κ3) is 11.9. The van der Waals surface area contributed by atoms with Gasteiger partial charge < -0.3 is 29.7 Å². The minimum absolute atomic E-state index is 0.0163. The van der Waals surface area contributed by atoms with E-state index in [2.05, 4.69) is 35.4 Å². The number of nitriles is 1. The zero-order valence-corrected chi connectivity index (χ0v) is 30.8. The molecule has 1 aromatic heterocycles. The van der Waals surface area contributed by atoms with Crippen LogP contribution in [0.5, 0.6) is 17.2 Å². The van der Waals surface area contributed by atoms with Crippen LogP contribution in [0, 0.1) is 25.2 Å². The van der Waals surface area contributed by atoms with Gasteiger partial charge in [0.25, 0.3) is 12.4 Å². The topological polar surface area (TPSA) is 137 Å². The third-order valence-corrected chi connectivity index (χ3v) is 9.17. The lowest BCUT2D eigenvalue weighted by molar-refractivity contribution is -0.122. The van der Waals surface area contributed by atoms with Crippen LogP contribution < -0.4 is 19.5 Å². The Hall–Kier alpha value is -4.80. The van der Waals surface area contributed by atoms with Gasteiger partial charge in [-0.25, -0.2) is 8.78 Å². The van der Waals surface area contributed by atoms with Crippen molar-refractivity contribution in [2.75, 3.05) is 32.8 Å². The van der Waals surface area contributed by atoms with Crippen LogP contribution in [-0.2, 0) is 24.6 Å². The molecule has 0 aliphatic carbocycles. The number of likely N-dealkylation sites (tertiary alicyclic amines) is 1. The normalized spacial score (nSPS) is 14.1. The average molecular weight is 751 g/mol. The van der Waals surface area contributed by atoms with Crippen molar-refractivity contribution in [2.24, 2.45) is 0 Å². The zero-order valence-electron chi connectivity index (χ0n) is 30.1. The largest absolute Gasteiger partial charge is 0.493 e. The SMILES string of the molecule is Cc1c(COc2cc(OCc3cncc(C#N)c3)c(CNC(C)CO)cc2Cl)cccc1-c1cccc(OCCCN2CCC(F)(F)C2)c1C.O=CO. The summed E-state index contributed by atoms with van der Waals surface area (Å²) in [5.74, 6) is -0.799. The molecule has 4 aromatic rings. The molecule has 1 fully saturated rings. The molecule has 1 aliphatic heterocycles. The van der Waals surface area contributed by atoms with Crippen LogP contribution in [0.1, 0.15) is 53.1 Å². The number of pyridine rings is 1. The first-order valence-electron chi connectivity index (χ1n) is 17.2. The highest BCUT2D eigenvalue weighted by Gasteiger charge is 2.37. The quantitative estimate of drug-likeness (QED) is 0.0789. The van der Waals surface area contributed by atoms with E-state index in [-0.39, 0.29) is 45.3 Å². The highest BCUT2D eigenvalue weighted by atomic mass is 35.5. The van der Waals surface area contributed by atoms with E-state index >= 15 is 0 Å². The second-order valence-electron chi connectivity index (χ2n) is 12.8. The summed E-state index contributed by atoms with van der Waals surface area (Å²) in [5, 5.41) is 29.3. The van der Waals surface area contributed by atoms with Gasteiger partial charge in [0.05, 0.1) is 30.3 Å². The number of aromatic nitrogens is 1. The molecular weight excluding hydrogens is 706 g/mol. The van der Waals surface area contributed by atoms with Gasteiger partial charge in [-0.05, 0) is 73.2 Å². The maximum absolute atomic E-state index is 13.5. The van der Waals surface area contributed by atoms with Crippen molar-refractivity contribution in [3.63, 3.8) is 0 Å². The van der Waals surface area contributed by atoms with E-state index in [0.29, 0.717) is 54.7 Å². The van der Waals surface area contributed by atoms with E-state index in [1.807, 2.05) is 38.1 Å². The molecule has 53 heavy (non-hydrogen) atoms. The van der Waals surface area contributed by atoms with Gasteiger partial charge in [0.1, 0.15) is 36.5 Å². The van der Waals surface area contributed by atoms with Crippen molar-refractivity contribution in [2.45, 2.75) is 65.3 Å². The summed E-state index contributed by atoms with van der Waals surface area (Å²) in [5.41, 5.74) is 7.11. The van der Waals surface area contributed by atoms with Crippen molar-refractivity contribution in [3.05, 3.63) is 105 Å². The van der Waals surface area contributed by atoms with E-state index in [9.17, 15) is 19.1 Å². The first-order chi connectivity index (χ1) is 25.5. The number of alkyl halides is 2. The number of halogens is 3. The molecule has 1 unspecified atom stereocenters. The van der Waals surface area contributed by atoms with Crippen LogP contribution in [0.3, 0.4) is 0 Å². The highest BCUT2D eigenvalue weighted by Crippen LogP contribution is 2.36. The molecular formula is C40H45ClF2N4O6. The van der Waals surface area contributed by atoms with Crippen molar-refractivity contribution in [3.8, 4) is 34.4 Å². The summed E-state index contributed by atoms with van der Waals surface area (Å²) in [6, 6.07) is 19.3. The molecule has 3 N–H and O–H groups in total. The van der Waals surface area contributed by atoms with Gasteiger partial charge >= 0.3 is 0 Å². The van der Waals surface area contributed by atoms with E-state index < -0.39 is 5.92 Å². The molecule has 3 aromatic carbocycles. The van der Waals surface area contributed by atoms with Crippen molar-refractivity contribution in [1.82, 2.24) is 15.2 Å². The van der Waals surface area contributed by atoms with E-state index in [1.165, 1.54) is 6.20 Å². The molecule has 1 atom stereocenters. The summed E-state index contributed by atoms with van der Waals surface area (Å²) in [6.45, 7) is 7.84.